The number of pyridine rings is 1. The summed E-state index contributed by atoms with van der Waals surface area (Å²) in [6, 6.07) is 5.75. The third kappa shape index (κ3) is 2.97. The number of hydrogen-bond acceptors (Lipinski definition) is 4. The van der Waals surface area contributed by atoms with Crippen LogP contribution in [0.5, 0.6) is 0 Å². The average Bonchev–Trinajstić information content (AvgIpc) is 2.36. The Labute approximate surface area is 117 Å². The fraction of sp³-hybridized carbons (Fsp3) is 0. The van der Waals surface area contributed by atoms with Gasteiger partial charge in [-0.15, -0.1) is 0 Å². The van der Waals surface area contributed by atoms with Crippen molar-refractivity contribution >= 4 is 35.0 Å². The van der Waals surface area contributed by atoms with Crippen molar-refractivity contribution in [2.75, 3.05) is 5.73 Å². The van der Waals surface area contributed by atoms with E-state index in [0.717, 1.165) is 17.8 Å². The number of aromatic nitrogens is 1. The number of nitrogens with zero attached hydrogens (tertiary/aromatic N) is 1. The molecule has 19 heavy (non-hydrogen) atoms. The maximum absolute atomic E-state index is 13.3. The second-order valence-electron chi connectivity index (χ2n) is 3.56. The lowest BCUT2D eigenvalue weighted by atomic mass is 10.2. The zero-order chi connectivity index (χ0) is 14.0. The maximum Gasteiger partial charge on any atom is 0.339 e. The fourth-order valence-corrected chi connectivity index (χ4v) is 2.43. The van der Waals surface area contributed by atoms with E-state index in [1.54, 1.807) is 12.1 Å². The molecule has 0 radical (unpaired) electrons. The number of carbonyl (C=O) groups is 1. The van der Waals surface area contributed by atoms with Gasteiger partial charge in [0.05, 0.1) is 16.3 Å². The lowest BCUT2D eigenvalue weighted by molar-refractivity contribution is 0.0694. The minimum absolute atomic E-state index is 0.262. The number of carboxylic acid groups (broad SMARTS) is 1. The van der Waals surface area contributed by atoms with Crippen molar-refractivity contribution in [1.29, 1.82) is 0 Å². The van der Waals surface area contributed by atoms with Gasteiger partial charge in [-0.05, 0) is 24.3 Å². The van der Waals surface area contributed by atoms with Crippen LogP contribution in [0.2, 0.25) is 5.02 Å². The zero-order valence-corrected chi connectivity index (χ0v) is 11.0. The van der Waals surface area contributed by atoms with Crippen LogP contribution in [0.4, 0.5) is 10.1 Å². The molecule has 7 heteroatoms. The molecule has 0 unspecified atom stereocenters. The molecule has 0 bridgehead atoms. The van der Waals surface area contributed by atoms with Crippen molar-refractivity contribution in [2.45, 2.75) is 9.92 Å². The number of hydrogen-bond donors (Lipinski definition) is 2. The largest absolute Gasteiger partial charge is 0.478 e. The molecule has 1 aromatic heterocycles. The van der Waals surface area contributed by atoms with E-state index in [0.29, 0.717) is 14.9 Å². The van der Waals surface area contributed by atoms with Crippen LogP contribution in [-0.2, 0) is 0 Å². The molecular weight excluding hydrogens is 291 g/mol. The van der Waals surface area contributed by atoms with Crippen LogP contribution in [0.15, 0.2) is 40.4 Å². The Balaban J connectivity index is 2.42. The smallest absolute Gasteiger partial charge is 0.339 e. The van der Waals surface area contributed by atoms with E-state index in [1.807, 2.05) is 0 Å². The van der Waals surface area contributed by atoms with Crippen LogP contribution in [0.1, 0.15) is 10.4 Å². The van der Waals surface area contributed by atoms with Gasteiger partial charge >= 0.3 is 5.97 Å². The summed E-state index contributed by atoms with van der Waals surface area (Å²) in [5.41, 5.74) is 4.81. The quantitative estimate of drug-likeness (QED) is 0.850. The number of nitrogens with two attached hydrogens (primary N) is 1. The lowest BCUT2D eigenvalue weighted by Crippen LogP contribution is -2.06. The Hall–Kier alpha value is -1.79. The first-order valence-electron chi connectivity index (χ1n) is 5.09. The van der Waals surface area contributed by atoms with E-state index in [1.165, 1.54) is 12.3 Å². The van der Waals surface area contributed by atoms with Gasteiger partial charge in [0, 0.05) is 11.1 Å². The molecule has 2 rings (SSSR count). The van der Waals surface area contributed by atoms with E-state index in [-0.39, 0.29) is 11.3 Å². The number of halogens is 2. The predicted octanol–water partition coefficient (Wildman–Crippen LogP) is 3.31. The monoisotopic (exact) mass is 298 g/mol. The van der Waals surface area contributed by atoms with E-state index in [9.17, 15) is 9.18 Å². The maximum atomic E-state index is 13.3. The van der Waals surface area contributed by atoms with Crippen LogP contribution in [0.25, 0.3) is 0 Å². The van der Waals surface area contributed by atoms with Crippen molar-refractivity contribution < 1.29 is 14.3 Å². The molecule has 0 amide bonds. The Morgan fingerprint density at radius 3 is 2.68 bits per heavy atom. The van der Waals surface area contributed by atoms with Crippen molar-refractivity contribution in [3.8, 4) is 0 Å². The summed E-state index contributed by atoms with van der Waals surface area (Å²) >= 11 is 6.78. The van der Waals surface area contributed by atoms with Crippen LogP contribution in [0.3, 0.4) is 0 Å². The third-order valence-electron chi connectivity index (χ3n) is 2.28. The van der Waals surface area contributed by atoms with Gasteiger partial charge in [0.15, 0.2) is 0 Å². The van der Waals surface area contributed by atoms with E-state index in [2.05, 4.69) is 4.98 Å². The van der Waals surface area contributed by atoms with Crippen molar-refractivity contribution in [2.24, 2.45) is 0 Å². The summed E-state index contributed by atoms with van der Waals surface area (Å²) in [4.78, 5) is 15.5. The second kappa shape index (κ2) is 5.46. The van der Waals surface area contributed by atoms with E-state index < -0.39 is 11.8 Å². The number of carboxylic acids is 1. The van der Waals surface area contributed by atoms with Crippen LogP contribution < -0.4 is 5.73 Å². The summed E-state index contributed by atoms with van der Waals surface area (Å²) in [6.07, 6.45) is 1.44. The molecule has 0 atom stereocenters. The molecule has 0 fully saturated rings. The second-order valence-corrected chi connectivity index (χ2v) is 5.05. The van der Waals surface area contributed by atoms with Crippen LogP contribution in [0, 0.1) is 5.82 Å². The summed E-state index contributed by atoms with van der Waals surface area (Å²) < 4.78 is 13.3. The van der Waals surface area contributed by atoms with Crippen molar-refractivity contribution in [1.82, 2.24) is 4.98 Å². The summed E-state index contributed by atoms with van der Waals surface area (Å²) in [5.74, 6) is -2.04. The van der Waals surface area contributed by atoms with Gasteiger partial charge in [-0.1, -0.05) is 23.4 Å². The first-order chi connectivity index (χ1) is 8.99. The first kappa shape index (κ1) is 13.6. The fourth-order valence-electron chi connectivity index (χ4n) is 1.42. The first-order valence-corrected chi connectivity index (χ1v) is 6.29. The Kier molecular flexibility index (Phi) is 3.92. The zero-order valence-electron chi connectivity index (χ0n) is 9.43. The van der Waals surface area contributed by atoms with Crippen molar-refractivity contribution in [3.05, 3.63) is 46.9 Å². The predicted molar refractivity (Wildman–Crippen MR) is 71.1 cm³/mol. The molecule has 4 nitrogen and oxygen atoms in total. The van der Waals surface area contributed by atoms with Gasteiger partial charge in [0.25, 0.3) is 0 Å². The molecule has 0 aliphatic heterocycles. The molecule has 2 aromatic rings. The number of aromatic carboxylic acids is 1. The minimum atomic E-state index is -1.28. The standard InChI is InChI=1S/C12H8ClFN2O2S/c13-6-1-4-9(16-5-6)19-8-3-2-7(14)11(15)10(8)12(17)18/h1-5H,15H2,(H,17,18). The SMILES string of the molecule is Nc1c(F)ccc(Sc2ccc(Cl)cn2)c1C(=O)O. The molecule has 0 saturated heterocycles. The molecule has 0 saturated carbocycles. The van der Waals surface area contributed by atoms with Gasteiger partial charge in [-0.2, -0.15) is 0 Å². The minimum Gasteiger partial charge on any atom is -0.478 e. The summed E-state index contributed by atoms with van der Waals surface area (Å²) in [5, 5.41) is 10.1. The molecule has 1 aromatic carbocycles. The normalized spacial score (nSPS) is 10.4. The van der Waals surface area contributed by atoms with Gasteiger partial charge in [-0.3, -0.25) is 0 Å². The molecule has 98 valence electrons. The number of nitrogen functional groups attached to an aromatic ring is 1. The van der Waals surface area contributed by atoms with Crippen molar-refractivity contribution in [3.63, 3.8) is 0 Å². The van der Waals surface area contributed by atoms with Crippen LogP contribution >= 0.6 is 23.4 Å². The molecular formula is C12H8ClFN2O2S. The van der Waals surface area contributed by atoms with E-state index in [4.69, 9.17) is 22.4 Å². The van der Waals surface area contributed by atoms with Gasteiger partial charge in [-0.25, -0.2) is 14.2 Å². The highest BCUT2D eigenvalue weighted by atomic mass is 35.5. The Morgan fingerprint density at radius 2 is 2.11 bits per heavy atom. The highest BCUT2D eigenvalue weighted by Crippen LogP contribution is 2.33. The third-order valence-corrected chi connectivity index (χ3v) is 3.52. The average molecular weight is 299 g/mol. The lowest BCUT2D eigenvalue weighted by Gasteiger charge is -2.08. The van der Waals surface area contributed by atoms with Gasteiger partial charge < -0.3 is 10.8 Å². The molecule has 0 spiro atoms. The highest BCUT2D eigenvalue weighted by Gasteiger charge is 2.18. The number of rotatable bonds is 3. The number of benzene rings is 1. The summed E-state index contributed by atoms with van der Waals surface area (Å²) in [6.45, 7) is 0. The van der Waals surface area contributed by atoms with Crippen LogP contribution in [-0.4, -0.2) is 16.1 Å². The van der Waals surface area contributed by atoms with E-state index >= 15 is 0 Å². The Bertz CT molecular complexity index is 634. The van der Waals surface area contributed by atoms with Gasteiger partial charge in [0.1, 0.15) is 10.8 Å². The molecule has 0 aliphatic rings. The van der Waals surface area contributed by atoms with Gasteiger partial charge in [0.2, 0.25) is 0 Å². The topological polar surface area (TPSA) is 76.2 Å². The molecule has 3 N–H and O–H groups in total. The number of anilines is 1. The Morgan fingerprint density at radius 1 is 1.37 bits per heavy atom. The summed E-state index contributed by atoms with van der Waals surface area (Å²) in [7, 11) is 0. The molecule has 0 aliphatic carbocycles. The molecule has 1 heterocycles. The highest BCUT2D eigenvalue weighted by molar-refractivity contribution is 7.99.